The normalized spacial score (nSPS) is 10.7. The van der Waals surface area contributed by atoms with Crippen LogP contribution < -0.4 is 15.4 Å². The number of hydrogen-bond donors (Lipinski definition) is 2. The monoisotopic (exact) mass is 367 g/mol. The Kier molecular flexibility index (Phi) is 6.14. The molecule has 0 bridgehead atoms. The minimum atomic E-state index is -0.204. The topological polar surface area (TPSA) is 72.0 Å². The Morgan fingerprint density at radius 2 is 1.85 bits per heavy atom. The lowest BCUT2D eigenvalue weighted by molar-refractivity contribution is 0.244. The molecule has 0 radical (unpaired) electrons. The van der Waals surface area contributed by atoms with Crippen LogP contribution in [0.3, 0.4) is 0 Å². The first-order valence-corrected chi connectivity index (χ1v) is 8.81. The highest BCUT2D eigenvalue weighted by Gasteiger charge is 2.08. The van der Waals surface area contributed by atoms with E-state index in [4.69, 9.17) is 4.74 Å². The molecule has 0 atom stereocenters. The molecular formula is C20H22FN5O. The molecule has 0 saturated heterocycles. The van der Waals surface area contributed by atoms with Crippen LogP contribution in [0.1, 0.15) is 19.4 Å². The van der Waals surface area contributed by atoms with Crippen molar-refractivity contribution in [1.82, 2.24) is 15.2 Å². The Bertz CT molecular complexity index is 888. The number of rotatable bonds is 8. The van der Waals surface area contributed by atoms with Crippen LogP contribution in [-0.2, 0) is 6.42 Å². The maximum atomic E-state index is 13.7. The smallest absolute Gasteiger partial charge is 0.249 e. The summed E-state index contributed by atoms with van der Waals surface area (Å²) < 4.78 is 19.4. The highest BCUT2D eigenvalue weighted by atomic mass is 19.1. The number of hydrogen-bond acceptors (Lipinski definition) is 6. The van der Waals surface area contributed by atoms with Gasteiger partial charge in [-0.15, -0.1) is 5.10 Å². The fourth-order valence-electron chi connectivity index (χ4n) is 2.52. The van der Waals surface area contributed by atoms with Crippen LogP contribution >= 0.6 is 0 Å². The van der Waals surface area contributed by atoms with Crippen molar-refractivity contribution < 1.29 is 9.13 Å². The van der Waals surface area contributed by atoms with Crippen molar-refractivity contribution in [3.05, 3.63) is 66.1 Å². The molecular weight excluding hydrogens is 345 g/mol. The van der Waals surface area contributed by atoms with Gasteiger partial charge in [0.25, 0.3) is 0 Å². The third kappa shape index (κ3) is 5.37. The number of nitrogens with one attached hydrogen (secondary N) is 2. The minimum Gasteiger partial charge on any atom is -0.489 e. The Hall–Kier alpha value is -3.22. The highest BCUT2D eigenvalue weighted by Crippen LogP contribution is 2.27. The lowest BCUT2D eigenvalue weighted by Gasteiger charge is -2.14. The van der Waals surface area contributed by atoms with Gasteiger partial charge in [0, 0.05) is 6.54 Å². The summed E-state index contributed by atoms with van der Waals surface area (Å²) in [7, 11) is 0. The number of halogens is 1. The van der Waals surface area contributed by atoms with Crippen molar-refractivity contribution in [1.29, 1.82) is 0 Å². The number of ether oxygens (including phenoxy) is 1. The number of aromatic nitrogens is 3. The standard InChI is InChI=1S/C20H22FN5O/c1-14(2)27-18-10-6-5-9-17(18)24-20-25-19(13-23-26-20)22-12-11-15-7-3-4-8-16(15)21/h3-10,13-14H,11-12H2,1-2H3,(H2,22,24,25,26). The average molecular weight is 367 g/mol. The van der Waals surface area contributed by atoms with E-state index >= 15 is 0 Å². The first kappa shape index (κ1) is 18.6. The third-order valence-electron chi connectivity index (χ3n) is 3.71. The van der Waals surface area contributed by atoms with E-state index in [1.54, 1.807) is 12.1 Å². The molecule has 0 saturated carbocycles. The Morgan fingerprint density at radius 1 is 1.07 bits per heavy atom. The fraction of sp³-hybridized carbons (Fsp3) is 0.250. The Labute approximate surface area is 157 Å². The average Bonchev–Trinajstić information content (AvgIpc) is 2.65. The molecule has 0 aliphatic carbocycles. The summed E-state index contributed by atoms with van der Waals surface area (Å²) >= 11 is 0. The van der Waals surface area contributed by atoms with E-state index in [9.17, 15) is 4.39 Å². The van der Waals surface area contributed by atoms with Crippen LogP contribution in [0.25, 0.3) is 0 Å². The van der Waals surface area contributed by atoms with Crippen LogP contribution in [0.2, 0.25) is 0 Å². The first-order chi connectivity index (χ1) is 13.1. The van der Waals surface area contributed by atoms with Gasteiger partial charge >= 0.3 is 0 Å². The van der Waals surface area contributed by atoms with E-state index in [1.165, 1.54) is 12.3 Å². The molecule has 140 valence electrons. The third-order valence-corrected chi connectivity index (χ3v) is 3.71. The molecule has 7 heteroatoms. The molecule has 3 aromatic rings. The number of anilines is 3. The second-order valence-corrected chi connectivity index (χ2v) is 6.22. The van der Waals surface area contributed by atoms with Crippen LogP contribution in [0, 0.1) is 5.82 Å². The molecule has 0 spiro atoms. The molecule has 1 aromatic heterocycles. The number of benzene rings is 2. The molecule has 0 fully saturated rings. The van der Waals surface area contributed by atoms with Crippen molar-refractivity contribution in [3.63, 3.8) is 0 Å². The van der Waals surface area contributed by atoms with Gasteiger partial charge in [-0.1, -0.05) is 30.3 Å². The highest BCUT2D eigenvalue weighted by molar-refractivity contribution is 5.62. The largest absolute Gasteiger partial charge is 0.489 e. The summed E-state index contributed by atoms with van der Waals surface area (Å²) in [5.41, 5.74) is 1.42. The van der Waals surface area contributed by atoms with Crippen molar-refractivity contribution >= 4 is 17.5 Å². The van der Waals surface area contributed by atoms with E-state index < -0.39 is 0 Å². The summed E-state index contributed by atoms with van der Waals surface area (Å²) in [6.45, 7) is 4.47. The van der Waals surface area contributed by atoms with Gasteiger partial charge in [-0.05, 0) is 44.0 Å². The van der Waals surface area contributed by atoms with Gasteiger partial charge in [-0.2, -0.15) is 10.1 Å². The predicted octanol–water partition coefficient (Wildman–Crippen LogP) is 4.20. The number of para-hydroxylation sites is 2. The second-order valence-electron chi connectivity index (χ2n) is 6.22. The van der Waals surface area contributed by atoms with Crippen molar-refractivity contribution in [2.75, 3.05) is 17.2 Å². The van der Waals surface area contributed by atoms with Gasteiger partial charge in [0.1, 0.15) is 11.6 Å². The maximum Gasteiger partial charge on any atom is 0.249 e. The van der Waals surface area contributed by atoms with Crippen LogP contribution in [0.15, 0.2) is 54.7 Å². The van der Waals surface area contributed by atoms with Crippen LogP contribution in [-0.4, -0.2) is 27.8 Å². The van der Waals surface area contributed by atoms with E-state index in [0.717, 1.165) is 5.69 Å². The van der Waals surface area contributed by atoms with E-state index in [0.29, 0.717) is 36.0 Å². The molecule has 2 N–H and O–H groups in total. The summed E-state index contributed by atoms with van der Waals surface area (Å²) in [4.78, 5) is 4.40. The zero-order valence-corrected chi connectivity index (χ0v) is 15.3. The second kappa shape index (κ2) is 8.93. The Morgan fingerprint density at radius 3 is 2.67 bits per heavy atom. The molecule has 0 amide bonds. The van der Waals surface area contributed by atoms with Crippen molar-refractivity contribution in [3.8, 4) is 5.75 Å². The summed E-state index contributed by atoms with van der Waals surface area (Å²) in [5.74, 6) is 1.43. The molecule has 6 nitrogen and oxygen atoms in total. The molecule has 1 heterocycles. The lowest BCUT2D eigenvalue weighted by Crippen LogP contribution is -2.10. The molecule has 0 unspecified atom stereocenters. The zero-order chi connectivity index (χ0) is 19.1. The summed E-state index contributed by atoms with van der Waals surface area (Å²) in [6.07, 6.45) is 2.13. The zero-order valence-electron chi connectivity index (χ0n) is 15.3. The first-order valence-electron chi connectivity index (χ1n) is 8.81. The van der Waals surface area contributed by atoms with Gasteiger partial charge in [0.15, 0.2) is 5.82 Å². The SMILES string of the molecule is CC(C)Oc1ccccc1Nc1nncc(NCCc2ccccc2F)n1. The minimum absolute atomic E-state index is 0.0541. The molecule has 0 aliphatic rings. The quantitative estimate of drug-likeness (QED) is 0.622. The van der Waals surface area contributed by atoms with Gasteiger partial charge in [0.2, 0.25) is 5.95 Å². The van der Waals surface area contributed by atoms with Crippen LogP contribution in [0.4, 0.5) is 21.8 Å². The molecule has 27 heavy (non-hydrogen) atoms. The molecule has 0 aliphatic heterocycles. The van der Waals surface area contributed by atoms with Gasteiger partial charge < -0.3 is 15.4 Å². The van der Waals surface area contributed by atoms with E-state index in [1.807, 2.05) is 44.2 Å². The molecule has 3 rings (SSSR count). The predicted molar refractivity (Wildman–Crippen MR) is 104 cm³/mol. The van der Waals surface area contributed by atoms with Gasteiger partial charge in [0.05, 0.1) is 18.0 Å². The van der Waals surface area contributed by atoms with E-state index in [-0.39, 0.29) is 11.9 Å². The molecule has 2 aromatic carbocycles. The summed E-state index contributed by atoms with van der Waals surface area (Å²) in [5, 5.41) is 14.2. The van der Waals surface area contributed by atoms with Crippen LogP contribution in [0.5, 0.6) is 5.75 Å². The summed E-state index contributed by atoms with van der Waals surface area (Å²) in [6, 6.07) is 14.3. The van der Waals surface area contributed by atoms with Gasteiger partial charge in [-0.3, -0.25) is 0 Å². The lowest BCUT2D eigenvalue weighted by atomic mass is 10.1. The Balaban J connectivity index is 1.63. The fourth-order valence-corrected chi connectivity index (χ4v) is 2.52. The van der Waals surface area contributed by atoms with E-state index in [2.05, 4.69) is 25.8 Å². The van der Waals surface area contributed by atoms with Crippen molar-refractivity contribution in [2.24, 2.45) is 0 Å². The maximum absolute atomic E-state index is 13.7. The van der Waals surface area contributed by atoms with Crippen molar-refractivity contribution in [2.45, 2.75) is 26.4 Å². The van der Waals surface area contributed by atoms with Gasteiger partial charge in [-0.25, -0.2) is 4.39 Å². The number of nitrogens with zero attached hydrogens (tertiary/aromatic N) is 3.